The van der Waals surface area contributed by atoms with Gasteiger partial charge in [0.25, 0.3) is 5.91 Å². The largest absolute Gasteiger partial charge is 0.471 e. The predicted octanol–water partition coefficient (Wildman–Crippen LogP) is 4.61. The summed E-state index contributed by atoms with van der Waals surface area (Å²) in [6.07, 6.45) is 8.34. The van der Waals surface area contributed by atoms with Crippen LogP contribution in [-0.2, 0) is 24.4 Å². The van der Waals surface area contributed by atoms with E-state index in [9.17, 15) is 22.8 Å². The second-order valence-corrected chi connectivity index (χ2v) is 17.2. The third-order valence-electron chi connectivity index (χ3n) is 10.4. The number of para-hydroxylation sites is 2. The maximum absolute atomic E-state index is 14.2. The fraction of sp³-hybridized carbons (Fsp3) is 0.432. The number of hydrogen-bond acceptors (Lipinski definition) is 10. The zero-order chi connectivity index (χ0) is 35.3. The Labute approximate surface area is 312 Å². The number of halogens is 1. The minimum absolute atomic E-state index is 0. The summed E-state index contributed by atoms with van der Waals surface area (Å²) in [7, 11) is -3.85. The van der Waals surface area contributed by atoms with Gasteiger partial charge in [0.15, 0.2) is 0 Å². The van der Waals surface area contributed by atoms with E-state index in [4.69, 9.17) is 20.4 Å². The van der Waals surface area contributed by atoms with Crippen molar-refractivity contribution in [3.05, 3.63) is 66.7 Å². The van der Waals surface area contributed by atoms with Gasteiger partial charge in [-0.1, -0.05) is 55.3 Å². The van der Waals surface area contributed by atoms with E-state index >= 15 is 0 Å². The van der Waals surface area contributed by atoms with E-state index in [1.54, 1.807) is 11.3 Å². The van der Waals surface area contributed by atoms with E-state index in [-0.39, 0.29) is 43.6 Å². The number of thiophene rings is 1. The molecule has 2 aliphatic carbocycles. The number of hydrogen-bond donors (Lipinski definition) is 3. The first-order valence-corrected chi connectivity index (χ1v) is 20.0. The van der Waals surface area contributed by atoms with E-state index in [1.165, 1.54) is 4.90 Å². The van der Waals surface area contributed by atoms with Gasteiger partial charge in [0.05, 0.1) is 33.7 Å². The summed E-state index contributed by atoms with van der Waals surface area (Å²) in [6, 6.07) is 15.8. The summed E-state index contributed by atoms with van der Waals surface area (Å²) in [6.45, 7) is 0.0730. The molecule has 15 heteroatoms. The molecule has 2 aromatic heterocycles. The topological polar surface area (TPSA) is 174 Å². The Balaban J connectivity index is 0.00000420. The van der Waals surface area contributed by atoms with Crippen molar-refractivity contribution in [2.75, 3.05) is 6.54 Å². The number of nitrogens with one attached hydrogen (secondary N) is 2. The molecule has 0 bridgehead atoms. The number of rotatable bonds is 6. The van der Waals surface area contributed by atoms with E-state index in [0.29, 0.717) is 41.9 Å². The molecule has 3 amide bonds. The van der Waals surface area contributed by atoms with Crippen LogP contribution in [0.4, 0.5) is 0 Å². The molecule has 2 aliphatic heterocycles. The van der Waals surface area contributed by atoms with Gasteiger partial charge >= 0.3 is 0 Å². The minimum Gasteiger partial charge on any atom is -0.471 e. The number of aromatic nitrogens is 2. The molecule has 2 saturated carbocycles. The number of fused-ring (bicyclic) bond motifs is 4. The minimum atomic E-state index is -3.85. The zero-order valence-electron chi connectivity index (χ0n) is 28.4. The molecular formula is C37H41ClN6O6S2. The zero-order valence-corrected chi connectivity index (χ0v) is 30.9. The lowest BCUT2D eigenvalue weighted by molar-refractivity contribution is -0.140. The number of amides is 3. The fourth-order valence-electron chi connectivity index (χ4n) is 7.23. The third-order valence-corrected chi connectivity index (χ3v) is 13.3. The van der Waals surface area contributed by atoms with Gasteiger partial charge in [-0.25, -0.2) is 18.4 Å². The van der Waals surface area contributed by atoms with E-state index < -0.39 is 50.8 Å². The Morgan fingerprint density at radius 1 is 1.02 bits per heavy atom. The van der Waals surface area contributed by atoms with Crippen LogP contribution in [0.3, 0.4) is 0 Å². The second kappa shape index (κ2) is 14.4. The van der Waals surface area contributed by atoms with Crippen molar-refractivity contribution in [1.29, 1.82) is 0 Å². The van der Waals surface area contributed by atoms with Crippen LogP contribution in [-0.4, -0.2) is 76.5 Å². The summed E-state index contributed by atoms with van der Waals surface area (Å²) in [5, 5.41) is 3.37. The Kier molecular flexibility index (Phi) is 10.0. The molecule has 5 atom stereocenters. The second-order valence-electron chi connectivity index (χ2n) is 14.1. The number of allylic oxidation sites excluding steroid dienone is 1. The molecule has 3 fully saturated rings. The van der Waals surface area contributed by atoms with Crippen molar-refractivity contribution in [1.82, 2.24) is 24.9 Å². The van der Waals surface area contributed by atoms with Crippen LogP contribution in [0, 0.1) is 5.92 Å². The highest BCUT2D eigenvalue weighted by molar-refractivity contribution is 7.91. The van der Waals surface area contributed by atoms with Gasteiger partial charge in [-0.2, -0.15) is 0 Å². The molecule has 8 rings (SSSR count). The molecule has 2 aromatic carbocycles. The van der Waals surface area contributed by atoms with Gasteiger partial charge < -0.3 is 20.7 Å². The fourth-order valence-corrected chi connectivity index (χ4v) is 9.63. The average molecular weight is 765 g/mol. The number of nitrogens with zero attached hydrogens (tertiary/aromatic N) is 3. The summed E-state index contributed by atoms with van der Waals surface area (Å²) in [4.78, 5) is 53.9. The molecule has 12 nitrogen and oxygen atoms in total. The maximum atomic E-state index is 14.2. The average Bonchev–Trinajstić information content (AvgIpc) is 4.01. The standard InChI is InChI=1S/C37H40N6O6S2.ClH/c38-26-12-5-3-1-2-4-11-23-20-37(23,36(46)42-51(47,48)25-16-17-25)41-33(44)29-19-24(21-43(29)35(26)45)49-34-32(39-27-13-7-8-14-28(27)40-34)31-18-22-10-6-9-15-30(22)50-31;/h4,6-11,13-15,18,23-26,29H,1-3,5,12,16-17,19-21,38H2,(H,41,44)(H,42,46);1H/b11-4-;/t23-,24-,26+,29+,37-;/m1./s1. The number of benzene rings is 2. The maximum Gasteiger partial charge on any atom is 0.259 e. The van der Waals surface area contributed by atoms with Crippen molar-refractivity contribution in [3.63, 3.8) is 0 Å². The van der Waals surface area contributed by atoms with Crippen LogP contribution < -0.4 is 20.5 Å². The SMILES string of the molecule is Cl.N[C@H]1CCCCC/C=C\[C@@H]2C[C@@]2(C(=O)NS(=O)(=O)C2CC2)NC(=O)[C@@H]2C[C@@H](Oc3nc4ccccc4nc3-c3cc4ccccc4s3)CN2C1=O. The number of carbonyl (C=O) groups excluding carboxylic acids is 3. The van der Waals surface area contributed by atoms with Crippen LogP contribution in [0.5, 0.6) is 5.88 Å². The van der Waals surface area contributed by atoms with E-state index in [0.717, 1.165) is 40.6 Å². The van der Waals surface area contributed by atoms with Gasteiger partial charge in [0, 0.05) is 17.0 Å². The third kappa shape index (κ3) is 7.13. The molecule has 4 N–H and O–H groups in total. The smallest absolute Gasteiger partial charge is 0.259 e. The first kappa shape index (κ1) is 36.3. The lowest BCUT2D eigenvalue weighted by atomic mass is 10.1. The normalized spacial score (nSPS) is 27.4. The molecule has 52 heavy (non-hydrogen) atoms. The summed E-state index contributed by atoms with van der Waals surface area (Å²) >= 11 is 1.57. The van der Waals surface area contributed by atoms with Crippen LogP contribution >= 0.6 is 23.7 Å². The molecule has 4 aromatic rings. The Morgan fingerprint density at radius 2 is 1.77 bits per heavy atom. The Hall–Kier alpha value is -4.11. The summed E-state index contributed by atoms with van der Waals surface area (Å²) in [5.74, 6) is -1.76. The van der Waals surface area contributed by atoms with E-state index in [2.05, 4.69) is 16.1 Å². The molecule has 4 aliphatic rings. The number of ether oxygens (including phenoxy) is 1. The first-order valence-electron chi connectivity index (χ1n) is 17.6. The molecule has 1 saturated heterocycles. The summed E-state index contributed by atoms with van der Waals surface area (Å²) < 4.78 is 35.5. The number of sulfonamides is 1. The van der Waals surface area contributed by atoms with Crippen LogP contribution in [0.2, 0.25) is 0 Å². The van der Waals surface area contributed by atoms with Crippen molar-refractivity contribution in [3.8, 4) is 16.5 Å². The van der Waals surface area contributed by atoms with Gasteiger partial charge in [-0.3, -0.25) is 19.1 Å². The lowest BCUT2D eigenvalue weighted by Gasteiger charge is -2.28. The summed E-state index contributed by atoms with van der Waals surface area (Å²) in [5.41, 5.74) is 6.91. The molecule has 274 valence electrons. The predicted molar refractivity (Wildman–Crippen MR) is 201 cm³/mol. The van der Waals surface area contributed by atoms with Crippen LogP contribution in [0.15, 0.2) is 66.7 Å². The number of nitrogens with two attached hydrogens (primary N) is 1. The van der Waals surface area contributed by atoms with Gasteiger partial charge in [0.1, 0.15) is 23.4 Å². The van der Waals surface area contributed by atoms with Crippen molar-refractivity contribution in [2.45, 2.75) is 86.8 Å². The quantitative estimate of drug-likeness (QED) is 0.237. The Morgan fingerprint density at radius 3 is 2.54 bits per heavy atom. The highest BCUT2D eigenvalue weighted by Gasteiger charge is 2.62. The van der Waals surface area contributed by atoms with Crippen LogP contribution in [0.25, 0.3) is 31.7 Å². The lowest BCUT2D eigenvalue weighted by Crippen LogP contribution is -2.57. The van der Waals surface area contributed by atoms with Gasteiger partial charge in [-0.05, 0) is 68.2 Å². The molecule has 0 unspecified atom stereocenters. The van der Waals surface area contributed by atoms with E-state index in [1.807, 2.05) is 60.7 Å². The molecule has 0 radical (unpaired) electrons. The molecular weight excluding hydrogens is 724 g/mol. The van der Waals surface area contributed by atoms with Crippen LogP contribution in [0.1, 0.15) is 57.8 Å². The molecule has 0 spiro atoms. The van der Waals surface area contributed by atoms with Crippen molar-refractivity contribution in [2.24, 2.45) is 11.7 Å². The van der Waals surface area contributed by atoms with Crippen molar-refractivity contribution >= 4 is 72.6 Å². The Bertz CT molecular complexity index is 2140. The van der Waals surface area contributed by atoms with Gasteiger partial charge in [0.2, 0.25) is 27.7 Å². The van der Waals surface area contributed by atoms with Gasteiger partial charge in [-0.15, -0.1) is 23.7 Å². The monoisotopic (exact) mass is 764 g/mol. The highest BCUT2D eigenvalue weighted by atomic mass is 35.5. The van der Waals surface area contributed by atoms with Crippen molar-refractivity contribution < 1.29 is 27.5 Å². The highest BCUT2D eigenvalue weighted by Crippen LogP contribution is 2.46. The molecule has 4 heterocycles. The number of carbonyl (C=O) groups is 3. The first-order chi connectivity index (χ1) is 24.6.